The van der Waals surface area contributed by atoms with E-state index in [1.807, 2.05) is 0 Å². The van der Waals surface area contributed by atoms with Gasteiger partial charge in [0.2, 0.25) is 0 Å². The number of nitrogens with zero attached hydrogens (tertiary/aromatic N) is 2. The molecular formula is C33H54N2. The van der Waals surface area contributed by atoms with Crippen molar-refractivity contribution in [1.82, 2.24) is 4.90 Å². The maximum Gasteiger partial charge on any atom is 0.0368 e. The highest BCUT2D eigenvalue weighted by Gasteiger charge is 2.54. The zero-order chi connectivity index (χ0) is 26.2. The second-order valence-corrected chi connectivity index (χ2v) is 10.8. The third-order valence-electron chi connectivity index (χ3n) is 9.07. The van der Waals surface area contributed by atoms with Gasteiger partial charge in [0, 0.05) is 24.2 Å². The highest BCUT2D eigenvalue weighted by molar-refractivity contribution is 5.55. The van der Waals surface area contributed by atoms with Gasteiger partial charge in [0.05, 0.1) is 0 Å². The summed E-state index contributed by atoms with van der Waals surface area (Å²) >= 11 is 0. The maximum atomic E-state index is 4.40. The molecule has 0 aromatic heterocycles. The Labute approximate surface area is 218 Å². The van der Waals surface area contributed by atoms with Crippen molar-refractivity contribution in [1.29, 1.82) is 0 Å². The monoisotopic (exact) mass is 478 g/mol. The van der Waals surface area contributed by atoms with Crippen molar-refractivity contribution >= 4 is 5.69 Å². The molecule has 0 saturated heterocycles. The molecule has 0 saturated carbocycles. The second-order valence-electron chi connectivity index (χ2n) is 10.8. The molecule has 0 heterocycles. The minimum atomic E-state index is 0.0293. The Morgan fingerprint density at radius 1 is 1.03 bits per heavy atom. The number of allylic oxidation sites excluding steroid dienone is 4. The molecule has 0 bridgehead atoms. The predicted molar refractivity (Wildman–Crippen MR) is 157 cm³/mol. The highest BCUT2D eigenvalue weighted by atomic mass is 15.1. The normalized spacial score (nSPS) is 23.9. The average molecular weight is 479 g/mol. The summed E-state index contributed by atoms with van der Waals surface area (Å²) in [6, 6.07) is 7.39. The van der Waals surface area contributed by atoms with Gasteiger partial charge in [-0.1, -0.05) is 65.0 Å². The Hall–Kier alpha value is -1.80. The molecule has 0 aliphatic heterocycles. The lowest BCUT2D eigenvalue weighted by atomic mass is 9.47. The minimum absolute atomic E-state index is 0.0293. The molecule has 0 radical (unpaired) electrons. The number of benzene rings is 1. The van der Waals surface area contributed by atoms with E-state index >= 15 is 0 Å². The molecule has 2 nitrogen and oxygen atoms in total. The van der Waals surface area contributed by atoms with Crippen molar-refractivity contribution in [2.45, 2.75) is 73.6 Å². The smallest absolute Gasteiger partial charge is 0.0368 e. The van der Waals surface area contributed by atoms with E-state index < -0.39 is 0 Å². The summed E-state index contributed by atoms with van der Waals surface area (Å²) in [5.41, 5.74) is 4.48. The third-order valence-corrected chi connectivity index (χ3v) is 9.07. The van der Waals surface area contributed by atoms with Crippen LogP contribution >= 0.6 is 0 Å². The third kappa shape index (κ3) is 5.79. The first kappa shape index (κ1) is 29.4. The Bertz CT molecular complexity index is 830. The van der Waals surface area contributed by atoms with E-state index in [2.05, 4.69) is 121 Å². The largest absolute Gasteiger partial charge is 0.372 e. The molecule has 5 unspecified atom stereocenters. The molecule has 1 aliphatic rings. The lowest BCUT2D eigenvalue weighted by molar-refractivity contribution is 0.0555. The van der Waals surface area contributed by atoms with Crippen molar-refractivity contribution in [2.24, 2.45) is 29.6 Å². The van der Waals surface area contributed by atoms with Gasteiger partial charge in [-0.3, -0.25) is 0 Å². The van der Waals surface area contributed by atoms with Crippen LogP contribution in [0.5, 0.6) is 0 Å². The van der Waals surface area contributed by atoms with E-state index in [9.17, 15) is 0 Å². The van der Waals surface area contributed by atoms with Crippen LogP contribution in [-0.2, 0) is 11.8 Å². The van der Waals surface area contributed by atoms with E-state index in [-0.39, 0.29) is 5.41 Å². The maximum absolute atomic E-state index is 4.40. The van der Waals surface area contributed by atoms with Gasteiger partial charge in [0.25, 0.3) is 0 Å². The van der Waals surface area contributed by atoms with Gasteiger partial charge in [0.15, 0.2) is 0 Å². The summed E-state index contributed by atoms with van der Waals surface area (Å²) < 4.78 is 0. The lowest BCUT2D eigenvalue weighted by Gasteiger charge is -2.56. The number of hydrogen-bond acceptors (Lipinski definition) is 2. The van der Waals surface area contributed by atoms with Crippen LogP contribution < -0.4 is 4.90 Å². The molecule has 0 N–H and O–H groups in total. The molecule has 0 amide bonds. The van der Waals surface area contributed by atoms with Crippen LogP contribution in [0.25, 0.3) is 0 Å². The van der Waals surface area contributed by atoms with E-state index in [1.54, 1.807) is 5.56 Å². The van der Waals surface area contributed by atoms with Gasteiger partial charge < -0.3 is 9.80 Å². The van der Waals surface area contributed by atoms with Gasteiger partial charge in [-0.25, -0.2) is 0 Å². The molecule has 2 heteroatoms. The molecule has 2 rings (SSSR count). The van der Waals surface area contributed by atoms with E-state index in [0.29, 0.717) is 29.6 Å². The van der Waals surface area contributed by atoms with Crippen LogP contribution in [0.3, 0.4) is 0 Å². The highest BCUT2D eigenvalue weighted by Crippen LogP contribution is 2.57. The van der Waals surface area contributed by atoms with Crippen LogP contribution in [0.2, 0.25) is 0 Å². The van der Waals surface area contributed by atoms with Gasteiger partial charge in [-0.2, -0.15) is 0 Å². The van der Waals surface area contributed by atoms with Crippen molar-refractivity contribution in [3.05, 3.63) is 66.8 Å². The van der Waals surface area contributed by atoms with Gasteiger partial charge in [-0.05, 0) is 106 Å². The first-order chi connectivity index (χ1) is 16.8. The van der Waals surface area contributed by atoms with Crippen molar-refractivity contribution in [3.8, 4) is 0 Å². The molecule has 196 valence electrons. The van der Waals surface area contributed by atoms with Gasteiger partial charge >= 0.3 is 0 Å². The topological polar surface area (TPSA) is 6.48 Å². The first-order valence-electron chi connectivity index (χ1n) is 14.3. The number of rotatable bonds is 14. The van der Waals surface area contributed by atoms with E-state index in [0.717, 1.165) is 39.1 Å². The summed E-state index contributed by atoms with van der Waals surface area (Å²) in [5, 5.41) is 0. The Kier molecular flexibility index (Phi) is 11.3. The molecule has 1 aliphatic carbocycles. The Morgan fingerprint density at radius 2 is 1.69 bits per heavy atom. The summed E-state index contributed by atoms with van der Waals surface area (Å²) in [5.74, 6) is 2.29. The van der Waals surface area contributed by atoms with Crippen molar-refractivity contribution in [3.63, 3.8) is 0 Å². The molecular weight excluding hydrogens is 424 g/mol. The number of fused-ring (bicyclic) bond motifs is 1. The standard InChI is InChI=1S/C33H54N2/c1-11-18-30(26(10)12-2)33(25(8)9)31-20-19-29(35(16-6)17-7)24-28(31)23-27(13-3)32(33)21-22-34(14-4)15-5/h11-13,18-20,24-27,30,32H,2-3,14-17,21-23H2,1,4-10H3/b18-11-. The Balaban J connectivity index is 2.84. The summed E-state index contributed by atoms with van der Waals surface area (Å²) in [6.45, 7) is 32.7. The second kappa shape index (κ2) is 13.5. The fourth-order valence-electron chi connectivity index (χ4n) is 7.14. The molecule has 0 spiro atoms. The zero-order valence-electron chi connectivity index (χ0n) is 24.2. The lowest BCUT2D eigenvalue weighted by Crippen LogP contribution is -2.54. The summed E-state index contributed by atoms with van der Waals surface area (Å²) in [4.78, 5) is 5.06. The Morgan fingerprint density at radius 3 is 2.17 bits per heavy atom. The van der Waals surface area contributed by atoms with E-state index in [1.165, 1.54) is 17.7 Å². The van der Waals surface area contributed by atoms with Crippen molar-refractivity contribution < 1.29 is 0 Å². The molecule has 1 aromatic rings. The van der Waals surface area contributed by atoms with Crippen LogP contribution in [0.4, 0.5) is 5.69 Å². The molecule has 5 atom stereocenters. The number of anilines is 1. The predicted octanol–water partition coefficient (Wildman–Crippen LogP) is 8.15. The summed E-state index contributed by atoms with van der Waals surface area (Å²) in [6.07, 6.45) is 11.5. The van der Waals surface area contributed by atoms with E-state index in [4.69, 9.17) is 0 Å². The van der Waals surface area contributed by atoms with Crippen LogP contribution in [0, 0.1) is 29.6 Å². The minimum Gasteiger partial charge on any atom is -0.372 e. The zero-order valence-corrected chi connectivity index (χ0v) is 24.2. The van der Waals surface area contributed by atoms with Gasteiger partial charge in [-0.15, -0.1) is 13.2 Å². The van der Waals surface area contributed by atoms with Crippen molar-refractivity contribution in [2.75, 3.05) is 37.6 Å². The average Bonchev–Trinajstić information content (AvgIpc) is 2.87. The molecule has 35 heavy (non-hydrogen) atoms. The first-order valence-corrected chi connectivity index (χ1v) is 14.3. The molecule has 1 aromatic carbocycles. The van der Waals surface area contributed by atoms with Crippen LogP contribution in [-0.4, -0.2) is 37.6 Å². The number of hydrogen-bond donors (Lipinski definition) is 0. The fourth-order valence-corrected chi connectivity index (χ4v) is 7.14. The fraction of sp³-hybridized carbons (Fsp3) is 0.636. The van der Waals surface area contributed by atoms with Crippen LogP contribution in [0.1, 0.15) is 72.9 Å². The molecule has 0 fully saturated rings. The quantitative estimate of drug-likeness (QED) is 0.249. The van der Waals surface area contributed by atoms with Gasteiger partial charge in [0.1, 0.15) is 0 Å². The summed E-state index contributed by atoms with van der Waals surface area (Å²) in [7, 11) is 0. The van der Waals surface area contributed by atoms with Crippen LogP contribution in [0.15, 0.2) is 55.7 Å². The SMILES string of the molecule is C=CC(C)C(/C=C\C)C1(C(C)C)c2ccc(N(CC)CC)cc2CC(C=C)C1CCN(CC)CC.